The van der Waals surface area contributed by atoms with Gasteiger partial charge in [0.15, 0.2) is 11.5 Å². The van der Waals surface area contributed by atoms with Gasteiger partial charge >= 0.3 is 5.97 Å². The van der Waals surface area contributed by atoms with E-state index < -0.39 is 33.0 Å². The zero-order chi connectivity index (χ0) is 20.0. The van der Waals surface area contributed by atoms with Crippen molar-refractivity contribution in [2.45, 2.75) is 38.2 Å². The number of hydrogen-bond acceptors (Lipinski definition) is 5. The molecule has 1 N–H and O–H groups in total. The van der Waals surface area contributed by atoms with E-state index in [0.717, 1.165) is 4.31 Å². The smallest absolute Gasteiger partial charge is 0.360 e. The average Bonchev–Trinajstić information content (AvgIpc) is 2.57. The van der Waals surface area contributed by atoms with E-state index in [4.69, 9.17) is 4.74 Å². The van der Waals surface area contributed by atoms with Crippen LogP contribution in [0.3, 0.4) is 0 Å². The minimum Gasteiger partial charge on any atom is -0.505 e. The molecule has 0 saturated heterocycles. The molecule has 3 rings (SSSR count). The summed E-state index contributed by atoms with van der Waals surface area (Å²) in [5.41, 5.74) is -0.294. The van der Waals surface area contributed by atoms with Crippen molar-refractivity contribution in [1.82, 2.24) is 0 Å². The van der Waals surface area contributed by atoms with E-state index in [2.05, 4.69) is 0 Å². The highest BCUT2D eigenvalue weighted by molar-refractivity contribution is 7.93. The van der Waals surface area contributed by atoms with Crippen molar-refractivity contribution in [3.63, 3.8) is 0 Å². The minimum atomic E-state index is -4.13. The highest BCUT2D eigenvalue weighted by Crippen LogP contribution is 2.40. The minimum absolute atomic E-state index is 0.0712. The summed E-state index contributed by atoms with van der Waals surface area (Å²) >= 11 is 0. The lowest BCUT2D eigenvalue weighted by Crippen LogP contribution is -2.40. The molecule has 0 aromatic heterocycles. The molecule has 0 fully saturated rings. The molecular weight excluding hydrogens is 366 g/mol. The summed E-state index contributed by atoms with van der Waals surface area (Å²) in [6.07, 6.45) is 0. The second kappa shape index (κ2) is 6.42. The van der Waals surface area contributed by atoms with Gasteiger partial charge in [-0.2, -0.15) is 0 Å². The zero-order valence-electron chi connectivity index (χ0n) is 15.6. The van der Waals surface area contributed by atoms with E-state index in [-0.39, 0.29) is 16.1 Å². The number of carbonyl (C=O) groups is 1. The number of carbonyl (C=O) groups excluding carboxylic acids is 1. The molecule has 0 amide bonds. The van der Waals surface area contributed by atoms with Gasteiger partial charge < -0.3 is 9.84 Å². The van der Waals surface area contributed by atoms with E-state index >= 15 is 0 Å². The second-order valence-electron chi connectivity index (χ2n) is 7.25. The van der Waals surface area contributed by atoms with E-state index in [9.17, 15) is 18.3 Å². The van der Waals surface area contributed by atoms with Crippen LogP contribution in [-0.2, 0) is 19.6 Å². The lowest BCUT2D eigenvalue weighted by Gasteiger charge is -2.33. The molecule has 142 valence electrons. The summed E-state index contributed by atoms with van der Waals surface area (Å²) in [5, 5.41) is 10.8. The largest absolute Gasteiger partial charge is 0.505 e. The number of fused-ring (bicyclic) bond motifs is 1. The molecule has 0 atom stereocenters. The third kappa shape index (κ3) is 3.30. The first-order valence-electron chi connectivity index (χ1n) is 8.41. The van der Waals surface area contributed by atoms with Crippen LogP contribution in [0.15, 0.2) is 59.1 Å². The Hall–Kier alpha value is -2.80. The number of esters is 1. The van der Waals surface area contributed by atoms with Gasteiger partial charge in [-0.25, -0.2) is 17.5 Å². The van der Waals surface area contributed by atoms with Crippen molar-refractivity contribution in [2.75, 3.05) is 4.31 Å². The summed E-state index contributed by atoms with van der Waals surface area (Å²) in [7, 11) is -4.13. The number of ether oxygens (including phenoxy) is 1. The Morgan fingerprint density at radius 2 is 1.63 bits per heavy atom. The number of hydrogen-bond donors (Lipinski definition) is 1. The molecule has 27 heavy (non-hydrogen) atoms. The molecule has 0 unspecified atom stereocenters. The number of benzene rings is 2. The maximum absolute atomic E-state index is 13.4. The molecule has 7 heteroatoms. The summed E-state index contributed by atoms with van der Waals surface area (Å²) in [6.45, 7) is 6.75. The second-order valence-corrected chi connectivity index (χ2v) is 9.01. The van der Waals surface area contributed by atoms with Crippen molar-refractivity contribution in [3.8, 4) is 0 Å². The number of nitrogens with zero attached hydrogens (tertiary/aromatic N) is 1. The number of aliphatic hydroxyl groups excluding tert-OH is 1. The molecular formula is C20H21NO5S. The van der Waals surface area contributed by atoms with Gasteiger partial charge in [0.05, 0.1) is 10.6 Å². The Bertz CT molecular complexity index is 1050. The van der Waals surface area contributed by atoms with E-state index in [1.165, 1.54) is 12.1 Å². The van der Waals surface area contributed by atoms with Crippen molar-refractivity contribution >= 4 is 27.4 Å². The number of rotatable bonds is 2. The van der Waals surface area contributed by atoms with Gasteiger partial charge in [-0.1, -0.05) is 30.3 Å². The molecule has 2 aromatic rings. The third-order valence-electron chi connectivity index (χ3n) is 4.01. The van der Waals surface area contributed by atoms with Crippen LogP contribution in [0.2, 0.25) is 0 Å². The zero-order valence-corrected chi connectivity index (χ0v) is 16.4. The summed E-state index contributed by atoms with van der Waals surface area (Å²) in [4.78, 5) is 12.8. The van der Waals surface area contributed by atoms with E-state index in [1.54, 1.807) is 64.1 Å². The quantitative estimate of drug-likeness (QED) is 0.793. The van der Waals surface area contributed by atoms with Crippen molar-refractivity contribution in [3.05, 3.63) is 65.4 Å². The van der Waals surface area contributed by atoms with Crippen LogP contribution in [0.25, 0.3) is 5.76 Å². The number of aliphatic hydroxyl groups is 1. The molecule has 1 aliphatic heterocycles. The van der Waals surface area contributed by atoms with E-state index in [0.29, 0.717) is 5.56 Å². The maximum Gasteiger partial charge on any atom is 0.360 e. The number of para-hydroxylation sites is 1. The Morgan fingerprint density at radius 1 is 1.04 bits per heavy atom. The molecule has 0 aliphatic carbocycles. The van der Waals surface area contributed by atoms with Gasteiger partial charge in [0.2, 0.25) is 0 Å². The lowest BCUT2D eigenvalue weighted by atomic mass is 10.1. The average molecular weight is 387 g/mol. The van der Waals surface area contributed by atoms with Crippen molar-refractivity contribution in [1.29, 1.82) is 0 Å². The lowest BCUT2D eigenvalue weighted by molar-refractivity contribution is -0.149. The first-order valence-corrected chi connectivity index (χ1v) is 9.85. The number of sulfonamides is 1. The monoisotopic (exact) mass is 387 g/mol. The van der Waals surface area contributed by atoms with Crippen LogP contribution in [0, 0.1) is 6.92 Å². The van der Waals surface area contributed by atoms with Crippen LogP contribution in [0.4, 0.5) is 5.69 Å². The predicted molar refractivity (Wildman–Crippen MR) is 103 cm³/mol. The fourth-order valence-corrected chi connectivity index (χ4v) is 4.63. The first kappa shape index (κ1) is 19.0. The Balaban J connectivity index is 2.34. The summed E-state index contributed by atoms with van der Waals surface area (Å²) in [6, 6.07) is 12.8. The molecule has 1 aliphatic rings. The van der Waals surface area contributed by atoms with Crippen LogP contribution in [0.5, 0.6) is 0 Å². The normalized spacial score (nSPS) is 16.1. The Morgan fingerprint density at radius 3 is 2.26 bits per heavy atom. The molecule has 0 saturated carbocycles. The van der Waals surface area contributed by atoms with Crippen LogP contribution < -0.4 is 4.31 Å². The SMILES string of the molecule is Cc1ccccc1N1C(C(=O)OC(C)(C)C)=C(O)c2ccccc2S1(=O)=O. The number of aryl methyl sites for hydroxylation is 1. The molecule has 0 bridgehead atoms. The number of anilines is 1. The van der Waals surface area contributed by atoms with E-state index in [1.807, 2.05) is 0 Å². The van der Waals surface area contributed by atoms with Gasteiger partial charge in [0.1, 0.15) is 5.60 Å². The fraction of sp³-hybridized carbons (Fsp3) is 0.250. The topological polar surface area (TPSA) is 83.9 Å². The molecule has 0 spiro atoms. The van der Waals surface area contributed by atoms with Crippen LogP contribution in [0.1, 0.15) is 31.9 Å². The highest BCUT2D eigenvalue weighted by atomic mass is 32.2. The van der Waals surface area contributed by atoms with Gasteiger partial charge in [0, 0.05) is 5.56 Å². The van der Waals surface area contributed by atoms with Crippen molar-refractivity contribution in [2.24, 2.45) is 0 Å². The molecule has 6 nitrogen and oxygen atoms in total. The molecule has 1 heterocycles. The van der Waals surface area contributed by atoms with Gasteiger partial charge in [-0.3, -0.25) is 0 Å². The Kier molecular flexibility index (Phi) is 4.51. The maximum atomic E-state index is 13.4. The Labute approximate surface area is 158 Å². The first-order chi connectivity index (χ1) is 12.5. The van der Waals surface area contributed by atoms with Gasteiger partial charge in [0.25, 0.3) is 10.0 Å². The van der Waals surface area contributed by atoms with Crippen molar-refractivity contribution < 1.29 is 23.1 Å². The highest BCUT2D eigenvalue weighted by Gasteiger charge is 2.43. The third-order valence-corrected chi connectivity index (χ3v) is 5.79. The van der Waals surface area contributed by atoms with Crippen LogP contribution >= 0.6 is 0 Å². The summed E-state index contributed by atoms with van der Waals surface area (Å²) in [5.74, 6) is -1.35. The summed E-state index contributed by atoms with van der Waals surface area (Å²) < 4.78 is 33.0. The molecule has 2 aromatic carbocycles. The predicted octanol–water partition coefficient (Wildman–Crippen LogP) is 3.77. The van der Waals surface area contributed by atoms with Gasteiger partial charge in [-0.05, 0) is 51.5 Å². The standard InChI is InChI=1S/C20H21NO5S/c1-13-9-5-7-11-15(13)21-17(19(23)26-20(2,3)4)18(22)14-10-6-8-12-16(14)27(21,24)25/h5-12,22H,1-4H3. The van der Waals surface area contributed by atoms with Crippen LogP contribution in [-0.4, -0.2) is 25.1 Å². The fourth-order valence-electron chi connectivity index (χ4n) is 2.88. The molecule has 0 radical (unpaired) electrons. The van der Waals surface area contributed by atoms with Gasteiger partial charge in [-0.15, -0.1) is 0 Å².